The molecule has 1 N–H and O–H groups in total. The minimum Gasteiger partial charge on any atom is -0.355 e. The second kappa shape index (κ2) is 9.44. The Morgan fingerprint density at radius 1 is 1.00 bits per heavy atom. The lowest BCUT2D eigenvalue weighted by atomic mass is 9.97. The lowest BCUT2D eigenvalue weighted by molar-refractivity contribution is 0.0950. The predicted octanol–water partition coefficient (Wildman–Crippen LogP) is 5.97. The second-order valence-electron chi connectivity index (χ2n) is 8.63. The molecule has 3 aromatic carbocycles. The summed E-state index contributed by atoms with van der Waals surface area (Å²) in [6, 6.07) is 11.0. The van der Waals surface area contributed by atoms with Crippen molar-refractivity contribution in [2.75, 3.05) is 11.9 Å². The quantitative estimate of drug-likeness (QED) is 0.455. The number of carbonyl (C=O) groups excluding carboxylic acids is 1. The van der Waals surface area contributed by atoms with E-state index < -0.39 is 35.5 Å². The number of hydrogen-bond acceptors (Lipinski definition) is 3. The van der Waals surface area contributed by atoms with Crippen LogP contribution in [0.4, 0.5) is 23.2 Å². The third kappa shape index (κ3) is 4.60. The molecule has 1 aliphatic rings. The van der Waals surface area contributed by atoms with Crippen LogP contribution in [0.25, 0.3) is 0 Å². The Bertz CT molecular complexity index is 1280. The molecule has 1 atom stereocenters. The molecule has 1 amide bonds. The highest BCUT2D eigenvalue weighted by Crippen LogP contribution is 2.40. The first-order valence-electron chi connectivity index (χ1n) is 11.1. The molecule has 1 heterocycles. The summed E-state index contributed by atoms with van der Waals surface area (Å²) in [6.07, 6.45) is 0. The molecular formula is C27H25F4N3O. The van der Waals surface area contributed by atoms with Crippen LogP contribution >= 0.6 is 0 Å². The van der Waals surface area contributed by atoms with Gasteiger partial charge < -0.3 is 15.1 Å². The molecule has 1 aliphatic heterocycles. The molecule has 35 heavy (non-hydrogen) atoms. The summed E-state index contributed by atoms with van der Waals surface area (Å²) in [5, 5.41) is 2.48. The summed E-state index contributed by atoms with van der Waals surface area (Å²) >= 11 is 0. The lowest BCUT2D eigenvalue weighted by Crippen LogP contribution is -2.39. The van der Waals surface area contributed by atoms with Crippen LogP contribution in [0, 0.1) is 30.2 Å². The number of anilines is 1. The monoisotopic (exact) mass is 483 g/mol. The van der Waals surface area contributed by atoms with Crippen molar-refractivity contribution in [2.45, 2.75) is 33.0 Å². The molecule has 0 aliphatic carbocycles. The van der Waals surface area contributed by atoms with Gasteiger partial charge in [-0.1, -0.05) is 24.8 Å². The highest BCUT2D eigenvalue weighted by molar-refractivity contribution is 5.95. The summed E-state index contributed by atoms with van der Waals surface area (Å²) in [7, 11) is 1.89. The Kier molecular flexibility index (Phi) is 6.56. The van der Waals surface area contributed by atoms with Crippen LogP contribution in [0.5, 0.6) is 0 Å². The molecule has 0 fully saturated rings. The zero-order valence-corrected chi connectivity index (χ0v) is 19.6. The summed E-state index contributed by atoms with van der Waals surface area (Å²) in [4.78, 5) is 16.7. The summed E-state index contributed by atoms with van der Waals surface area (Å²) < 4.78 is 55.7. The zero-order chi connectivity index (χ0) is 25.4. The zero-order valence-electron chi connectivity index (χ0n) is 19.6. The number of halogens is 4. The molecule has 0 unspecified atom stereocenters. The normalized spacial score (nSPS) is 15.3. The average molecular weight is 484 g/mol. The third-order valence-electron chi connectivity index (χ3n) is 6.53. The predicted molar refractivity (Wildman–Crippen MR) is 127 cm³/mol. The molecule has 3 aromatic rings. The number of aryl methyl sites for hydroxylation is 1. The van der Waals surface area contributed by atoms with E-state index in [-0.39, 0.29) is 24.0 Å². The van der Waals surface area contributed by atoms with Crippen LogP contribution in [0.15, 0.2) is 60.9 Å². The van der Waals surface area contributed by atoms with Crippen molar-refractivity contribution in [1.29, 1.82) is 0 Å². The van der Waals surface area contributed by atoms with Gasteiger partial charge in [-0.25, -0.2) is 17.6 Å². The van der Waals surface area contributed by atoms with E-state index in [0.717, 1.165) is 11.1 Å². The van der Waals surface area contributed by atoms with Gasteiger partial charge in [0.2, 0.25) is 0 Å². The van der Waals surface area contributed by atoms with Crippen molar-refractivity contribution < 1.29 is 22.4 Å². The van der Waals surface area contributed by atoms with Crippen molar-refractivity contribution >= 4 is 11.6 Å². The SMILES string of the molecule is C=C1N(Cc2c(C)cccc2F)c2cc(C(=O)NCc3c(F)cc(F)cc3F)ccc2[C@H](C)N1C. The molecule has 0 bridgehead atoms. The molecule has 4 rings (SSSR count). The van der Waals surface area contributed by atoms with E-state index in [1.54, 1.807) is 24.3 Å². The van der Waals surface area contributed by atoms with Gasteiger partial charge in [0.05, 0.1) is 12.6 Å². The van der Waals surface area contributed by atoms with Gasteiger partial charge in [-0.15, -0.1) is 0 Å². The van der Waals surface area contributed by atoms with Crippen LogP contribution in [-0.4, -0.2) is 17.9 Å². The fourth-order valence-electron chi connectivity index (χ4n) is 4.25. The number of hydrogen-bond donors (Lipinski definition) is 1. The van der Waals surface area contributed by atoms with E-state index in [4.69, 9.17) is 0 Å². The van der Waals surface area contributed by atoms with Gasteiger partial charge in [0.15, 0.2) is 0 Å². The van der Waals surface area contributed by atoms with Gasteiger partial charge >= 0.3 is 0 Å². The molecular weight excluding hydrogens is 458 g/mol. The van der Waals surface area contributed by atoms with Crippen LogP contribution in [0.3, 0.4) is 0 Å². The molecule has 0 saturated carbocycles. The molecule has 4 nitrogen and oxygen atoms in total. The van der Waals surface area contributed by atoms with Gasteiger partial charge in [0, 0.05) is 48.1 Å². The van der Waals surface area contributed by atoms with Crippen molar-refractivity contribution in [2.24, 2.45) is 0 Å². The Labute approximate surface area is 201 Å². The number of rotatable bonds is 5. The Morgan fingerprint density at radius 2 is 1.69 bits per heavy atom. The van der Waals surface area contributed by atoms with E-state index in [0.29, 0.717) is 29.2 Å². The summed E-state index contributed by atoms with van der Waals surface area (Å²) in [6.45, 7) is 7.76. The number of benzene rings is 3. The number of nitrogens with zero attached hydrogens (tertiary/aromatic N) is 2. The van der Waals surface area contributed by atoms with E-state index in [1.807, 2.05) is 36.8 Å². The maximum Gasteiger partial charge on any atom is 0.251 e. The molecule has 0 saturated heterocycles. The van der Waals surface area contributed by atoms with E-state index >= 15 is 0 Å². The second-order valence-corrected chi connectivity index (χ2v) is 8.63. The average Bonchev–Trinajstić information content (AvgIpc) is 2.80. The highest BCUT2D eigenvalue weighted by Gasteiger charge is 2.30. The Balaban J connectivity index is 1.65. The Hall–Kier alpha value is -3.81. The lowest BCUT2D eigenvalue weighted by Gasteiger charge is -2.43. The third-order valence-corrected chi connectivity index (χ3v) is 6.53. The number of amides is 1. The van der Waals surface area contributed by atoms with Crippen LogP contribution < -0.4 is 10.2 Å². The van der Waals surface area contributed by atoms with Crippen LogP contribution in [0.2, 0.25) is 0 Å². The number of carbonyl (C=O) groups is 1. The van der Waals surface area contributed by atoms with Crippen LogP contribution in [-0.2, 0) is 13.1 Å². The largest absolute Gasteiger partial charge is 0.355 e. The van der Waals surface area contributed by atoms with Gasteiger partial charge in [0.1, 0.15) is 29.1 Å². The fraction of sp³-hybridized carbons (Fsp3) is 0.222. The van der Waals surface area contributed by atoms with Gasteiger partial charge in [0.25, 0.3) is 5.91 Å². The van der Waals surface area contributed by atoms with Crippen molar-refractivity contribution in [3.05, 3.63) is 112 Å². The fourth-order valence-corrected chi connectivity index (χ4v) is 4.25. The van der Waals surface area contributed by atoms with E-state index in [9.17, 15) is 22.4 Å². The number of fused-ring (bicyclic) bond motifs is 1. The van der Waals surface area contributed by atoms with E-state index in [1.165, 1.54) is 6.07 Å². The minimum atomic E-state index is -1.08. The Morgan fingerprint density at radius 3 is 2.34 bits per heavy atom. The molecule has 8 heteroatoms. The number of nitrogens with one attached hydrogen (secondary N) is 1. The summed E-state index contributed by atoms with van der Waals surface area (Å²) in [5.41, 5.74) is 2.73. The summed E-state index contributed by atoms with van der Waals surface area (Å²) in [5.74, 6) is -3.44. The molecule has 182 valence electrons. The standard InChI is InChI=1S/C27H25F4N3O/c1-15-6-5-7-23(29)22(15)14-34-17(3)33(4)16(2)20-9-8-18(10-26(20)34)27(35)32-13-21-24(30)11-19(28)12-25(21)31/h5-12,16H,3,13-14H2,1-2,4H3,(H,32,35)/t16-/m0/s1. The molecule has 0 aromatic heterocycles. The van der Waals surface area contributed by atoms with Gasteiger partial charge in [-0.3, -0.25) is 4.79 Å². The van der Waals surface area contributed by atoms with Crippen molar-refractivity contribution in [3.63, 3.8) is 0 Å². The van der Waals surface area contributed by atoms with Gasteiger partial charge in [-0.2, -0.15) is 0 Å². The first-order chi connectivity index (χ1) is 16.6. The maximum atomic E-state index is 14.6. The van der Waals surface area contributed by atoms with Crippen molar-refractivity contribution in [3.8, 4) is 0 Å². The van der Waals surface area contributed by atoms with Crippen molar-refractivity contribution in [1.82, 2.24) is 10.2 Å². The molecule has 0 spiro atoms. The maximum absolute atomic E-state index is 14.6. The first kappa shape index (κ1) is 24.3. The smallest absolute Gasteiger partial charge is 0.251 e. The van der Waals surface area contributed by atoms with Gasteiger partial charge in [-0.05, 0) is 43.2 Å². The first-order valence-corrected chi connectivity index (χ1v) is 11.1. The van der Waals surface area contributed by atoms with Crippen LogP contribution in [0.1, 0.15) is 45.6 Å². The van der Waals surface area contributed by atoms with E-state index in [2.05, 4.69) is 11.9 Å². The highest BCUT2D eigenvalue weighted by atomic mass is 19.1. The molecule has 0 radical (unpaired) electrons. The minimum absolute atomic E-state index is 0.0463. The topological polar surface area (TPSA) is 35.6 Å².